The molecule has 1 amide bonds. The number of nitrogens with one attached hydrogen (secondary N) is 1. The highest BCUT2D eigenvalue weighted by Gasteiger charge is 2.21. The second-order valence-electron chi connectivity index (χ2n) is 4.57. The summed E-state index contributed by atoms with van der Waals surface area (Å²) in [5, 5.41) is 3.63. The Labute approximate surface area is 106 Å². The zero-order valence-electron chi connectivity index (χ0n) is 10.1. The van der Waals surface area contributed by atoms with Gasteiger partial charge in [0.15, 0.2) is 5.01 Å². The second-order valence-corrected chi connectivity index (χ2v) is 5.69. The number of carbonyl (C=O) groups excluding carboxylic acids is 1. The molecule has 1 aliphatic rings. The van der Waals surface area contributed by atoms with Gasteiger partial charge >= 0.3 is 0 Å². The minimum Gasteiger partial charge on any atom is -0.347 e. The first kappa shape index (κ1) is 12.5. The van der Waals surface area contributed by atoms with Crippen molar-refractivity contribution in [3.63, 3.8) is 0 Å². The van der Waals surface area contributed by atoms with Crippen LogP contribution in [-0.2, 0) is 6.42 Å². The van der Waals surface area contributed by atoms with Gasteiger partial charge in [-0.3, -0.25) is 4.79 Å². The summed E-state index contributed by atoms with van der Waals surface area (Å²) in [6.45, 7) is 2.07. The number of amides is 1. The van der Waals surface area contributed by atoms with Crippen LogP contribution in [0, 0.1) is 0 Å². The van der Waals surface area contributed by atoms with Gasteiger partial charge in [-0.2, -0.15) is 0 Å². The minimum atomic E-state index is -0.0322. The monoisotopic (exact) mass is 253 g/mol. The number of hydrogen-bond acceptors (Lipinski definition) is 4. The Hall–Kier alpha value is -0.940. The highest BCUT2D eigenvalue weighted by atomic mass is 32.1. The fourth-order valence-corrected chi connectivity index (χ4v) is 2.84. The lowest BCUT2D eigenvalue weighted by molar-refractivity contribution is 0.0925. The molecular formula is C12H19N3OS. The van der Waals surface area contributed by atoms with E-state index in [1.807, 2.05) is 0 Å². The van der Waals surface area contributed by atoms with Gasteiger partial charge in [0.25, 0.3) is 5.91 Å². The van der Waals surface area contributed by atoms with Crippen molar-refractivity contribution in [2.75, 3.05) is 0 Å². The molecule has 0 aliphatic heterocycles. The standard InChI is InChI=1S/C12H19N3OS/c1-2-10-7-14-12(17-10)11(16)15-9-5-3-8(13)4-6-9/h7-9H,2-6,13H2,1H3,(H,15,16)/t8-,9-. The molecular weight excluding hydrogens is 234 g/mol. The Bertz CT molecular complexity index is 383. The molecule has 1 heterocycles. The van der Waals surface area contributed by atoms with E-state index in [0.29, 0.717) is 11.0 Å². The van der Waals surface area contributed by atoms with E-state index in [4.69, 9.17) is 5.73 Å². The molecule has 2 rings (SSSR count). The number of aromatic nitrogens is 1. The van der Waals surface area contributed by atoms with Crippen LogP contribution in [0.2, 0.25) is 0 Å². The Morgan fingerprint density at radius 1 is 1.53 bits per heavy atom. The first-order chi connectivity index (χ1) is 8.19. The van der Waals surface area contributed by atoms with Crippen molar-refractivity contribution >= 4 is 17.2 Å². The molecule has 17 heavy (non-hydrogen) atoms. The lowest BCUT2D eigenvalue weighted by atomic mass is 9.92. The molecule has 1 saturated carbocycles. The molecule has 94 valence electrons. The van der Waals surface area contributed by atoms with Gasteiger partial charge in [0.2, 0.25) is 0 Å². The molecule has 1 aliphatic carbocycles. The third-order valence-electron chi connectivity index (χ3n) is 3.20. The molecule has 0 bridgehead atoms. The predicted octanol–water partition coefficient (Wildman–Crippen LogP) is 1.71. The number of nitrogens with zero attached hydrogens (tertiary/aromatic N) is 1. The van der Waals surface area contributed by atoms with E-state index in [9.17, 15) is 4.79 Å². The quantitative estimate of drug-likeness (QED) is 0.861. The van der Waals surface area contributed by atoms with E-state index < -0.39 is 0 Å². The summed E-state index contributed by atoms with van der Waals surface area (Å²) in [6.07, 6.45) is 6.70. The normalized spacial score (nSPS) is 24.6. The van der Waals surface area contributed by atoms with Gasteiger partial charge in [-0.15, -0.1) is 11.3 Å². The highest BCUT2D eigenvalue weighted by molar-refractivity contribution is 7.13. The van der Waals surface area contributed by atoms with Gasteiger partial charge in [0.05, 0.1) is 0 Å². The fraction of sp³-hybridized carbons (Fsp3) is 0.667. The summed E-state index contributed by atoms with van der Waals surface area (Å²) < 4.78 is 0. The molecule has 0 saturated heterocycles. The van der Waals surface area contributed by atoms with E-state index in [2.05, 4.69) is 17.2 Å². The molecule has 5 heteroatoms. The van der Waals surface area contributed by atoms with Crippen molar-refractivity contribution in [3.8, 4) is 0 Å². The minimum absolute atomic E-state index is 0.0322. The SMILES string of the molecule is CCc1cnc(C(=O)N[C@H]2CC[C@H](N)CC2)s1. The van der Waals surface area contributed by atoms with Crippen LogP contribution >= 0.6 is 11.3 Å². The fourth-order valence-electron chi connectivity index (χ4n) is 2.09. The first-order valence-electron chi connectivity index (χ1n) is 6.20. The number of hydrogen-bond donors (Lipinski definition) is 2. The largest absolute Gasteiger partial charge is 0.347 e. The zero-order valence-corrected chi connectivity index (χ0v) is 10.9. The third kappa shape index (κ3) is 3.26. The van der Waals surface area contributed by atoms with Crippen LogP contribution in [0.15, 0.2) is 6.20 Å². The molecule has 0 atom stereocenters. The van der Waals surface area contributed by atoms with Gasteiger partial charge in [-0.05, 0) is 32.1 Å². The molecule has 0 radical (unpaired) electrons. The van der Waals surface area contributed by atoms with Gasteiger partial charge in [-0.25, -0.2) is 4.98 Å². The van der Waals surface area contributed by atoms with Gasteiger partial charge in [-0.1, -0.05) is 6.92 Å². The smallest absolute Gasteiger partial charge is 0.280 e. The summed E-state index contributed by atoms with van der Waals surface area (Å²) >= 11 is 1.48. The Morgan fingerprint density at radius 3 is 2.82 bits per heavy atom. The van der Waals surface area contributed by atoms with E-state index in [-0.39, 0.29) is 11.9 Å². The number of nitrogens with two attached hydrogens (primary N) is 1. The van der Waals surface area contributed by atoms with Crippen LogP contribution in [0.1, 0.15) is 47.3 Å². The van der Waals surface area contributed by atoms with Crippen molar-refractivity contribution < 1.29 is 4.79 Å². The van der Waals surface area contributed by atoms with Crippen molar-refractivity contribution in [1.29, 1.82) is 0 Å². The molecule has 4 nitrogen and oxygen atoms in total. The number of carbonyl (C=O) groups is 1. The summed E-state index contributed by atoms with van der Waals surface area (Å²) in [4.78, 5) is 17.2. The maximum Gasteiger partial charge on any atom is 0.280 e. The van der Waals surface area contributed by atoms with Crippen LogP contribution in [-0.4, -0.2) is 23.0 Å². The average molecular weight is 253 g/mol. The first-order valence-corrected chi connectivity index (χ1v) is 7.02. The summed E-state index contributed by atoms with van der Waals surface area (Å²) in [6, 6.07) is 0.589. The number of thiazole rings is 1. The van der Waals surface area contributed by atoms with Crippen LogP contribution in [0.25, 0.3) is 0 Å². The second kappa shape index (κ2) is 5.60. The van der Waals surface area contributed by atoms with Gasteiger partial charge in [0, 0.05) is 23.2 Å². The number of rotatable bonds is 3. The lowest BCUT2D eigenvalue weighted by Crippen LogP contribution is -2.40. The van der Waals surface area contributed by atoms with Crippen LogP contribution < -0.4 is 11.1 Å². The van der Waals surface area contributed by atoms with Crippen LogP contribution in [0.4, 0.5) is 0 Å². The van der Waals surface area contributed by atoms with Crippen molar-refractivity contribution in [2.24, 2.45) is 5.73 Å². The topological polar surface area (TPSA) is 68.0 Å². The predicted molar refractivity (Wildman–Crippen MR) is 69.2 cm³/mol. The molecule has 0 aromatic carbocycles. The number of aryl methyl sites for hydroxylation is 1. The molecule has 1 aromatic heterocycles. The summed E-state index contributed by atoms with van der Waals surface area (Å²) in [7, 11) is 0. The molecule has 1 fully saturated rings. The summed E-state index contributed by atoms with van der Waals surface area (Å²) in [5.41, 5.74) is 5.84. The lowest BCUT2D eigenvalue weighted by Gasteiger charge is -2.26. The Balaban J connectivity index is 1.88. The molecule has 0 unspecified atom stereocenters. The molecule has 0 spiro atoms. The average Bonchev–Trinajstić information content (AvgIpc) is 2.81. The Morgan fingerprint density at radius 2 is 2.24 bits per heavy atom. The summed E-state index contributed by atoms with van der Waals surface area (Å²) in [5.74, 6) is -0.0322. The van der Waals surface area contributed by atoms with Crippen molar-refractivity contribution in [1.82, 2.24) is 10.3 Å². The van der Waals surface area contributed by atoms with E-state index >= 15 is 0 Å². The maximum atomic E-state index is 11.9. The van der Waals surface area contributed by atoms with E-state index in [1.54, 1.807) is 6.20 Å². The van der Waals surface area contributed by atoms with E-state index in [1.165, 1.54) is 11.3 Å². The zero-order chi connectivity index (χ0) is 12.3. The Kier molecular flexibility index (Phi) is 4.12. The van der Waals surface area contributed by atoms with E-state index in [0.717, 1.165) is 37.0 Å². The van der Waals surface area contributed by atoms with Crippen LogP contribution in [0.3, 0.4) is 0 Å². The van der Waals surface area contributed by atoms with Crippen molar-refractivity contribution in [2.45, 2.75) is 51.1 Å². The third-order valence-corrected chi connectivity index (χ3v) is 4.34. The van der Waals surface area contributed by atoms with Crippen LogP contribution in [0.5, 0.6) is 0 Å². The van der Waals surface area contributed by atoms with Gasteiger partial charge < -0.3 is 11.1 Å². The highest BCUT2D eigenvalue weighted by Crippen LogP contribution is 2.18. The van der Waals surface area contributed by atoms with Crippen molar-refractivity contribution in [3.05, 3.63) is 16.1 Å². The molecule has 3 N–H and O–H groups in total. The maximum absolute atomic E-state index is 11.9. The molecule has 1 aromatic rings. The van der Waals surface area contributed by atoms with Gasteiger partial charge in [0.1, 0.15) is 0 Å².